The molecular formula is C17H24N4O. The Morgan fingerprint density at radius 2 is 2.14 bits per heavy atom. The Morgan fingerprint density at radius 1 is 1.32 bits per heavy atom. The molecule has 0 atom stereocenters. The summed E-state index contributed by atoms with van der Waals surface area (Å²) in [5.41, 5.74) is 3.25. The first-order valence-corrected chi connectivity index (χ1v) is 8.20. The average Bonchev–Trinajstić information content (AvgIpc) is 2.87. The number of fused-ring (bicyclic) bond motifs is 1. The van der Waals surface area contributed by atoms with Crippen molar-refractivity contribution in [1.29, 1.82) is 0 Å². The van der Waals surface area contributed by atoms with Crippen LogP contribution in [0.4, 0.5) is 4.79 Å². The number of urea groups is 1. The highest BCUT2D eigenvalue weighted by atomic mass is 16.2. The number of aromatic amines is 1. The second-order valence-corrected chi connectivity index (χ2v) is 6.16. The van der Waals surface area contributed by atoms with Crippen molar-refractivity contribution < 1.29 is 4.79 Å². The van der Waals surface area contributed by atoms with Gasteiger partial charge >= 0.3 is 6.03 Å². The van der Waals surface area contributed by atoms with Crippen LogP contribution in [0.5, 0.6) is 0 Å². The minimum atomic E-state index is -0.0367. The van der Waals surface area contributed by atoms with Crippen LogP contribution in [-0.4, -0.2) is 28.6 Å². The lowest BCUT2D eigenvalue weighted by atomic mass is 9.96. The fourth-order valence-corrected chi connectivity index (χ4v) is 3.14. The van der Waals surface area contributed by atoms with Gasteiger partial charge in [-0.15, -0.1) is 0 Å². The zero-order valence-electron chi connectivity index (χ0n) is 13.1. The van der Waals surface area contributed by atoms with E-state index in [2.05, 4.69) is 32.7 Å². The van der Waals surface area contributed by atoms with Crippen LogP contribution in [0.2, 0.25) is 0 Å². The number of nitrogens with zero attached hydrogens (tertiary/aromatic N) is 1. The predicted molar refractivity (Wildman–Crippen MR) is 87.9 cm³/mol. The molecule has 1 saturated carbocycles. The number of carbonyl (C=O) groups excluding carboxylic acids is 1. The molecule has 0 spiro atoms. The molecule has 1 fully saturated rings. The molecular weight excluding hydrogens is 276 g/mol. The van der Waals surface area contributed by atoms with E-state index < -0.39 is 0 Å². The first-order valence-electron chi connectivity index (χ1n) is 8.20. The first kappa shape index (κ1) is 14.9. The Balaban J connectivity index is 1.45. The van der Waals surface area contributed by atoms with Crippen LogP contribution in [0.15, 0.2) is 18.2 Å². The van der Waals surface area contributed by atoms with Crippen molar-refractivity contribution in [3.05, 3.63) is 29.6 Å². The molecule has 3 rings (SSSR count). The summed E-state index contributed by atoms with van der Waals surface area (Å²) in [5.74, 6) is 0.928. The number of nitrogens with one attached hydrogen (secondary N) is 3. The zero-order valence-corrected chi connectivity index (χ0v) is 13.1. The largest absolute Gasteiger partial charge is 0.342 e. The Morgan fingerprint density at radius 3 is 2.95 bits per heavy atom. The molecule has 0 unspecified atom stereocenters. The molecule has 1 heterocycles. The molecule has 0 saturated heterocycles. The van der Waals surface area contributed by atoms with Crippen molar-refractivity contribution in [2.75, 3.05) is 6.54 Å². The minimum absolute atomic E-state index is 0.0367. The van der Waals surface area contributed by atoms with Crippen molar-refractivity contribution in [1.82, 2.24) is 20.6 Å². The van der Waals surface area contributed by atoms with Gasteiger partial charge in [0.05, 0.1) is 11.0 Å². The zero-order chi connectivity index (χ0) is 15.4. The lowest BCUT2D eigenvalue weighted by Crippen LogP contribution is -2.43. The average molecular weight is 300 g/mol. The van der Waals surface area contributed by atoms with Crippen molar-refractivity contribution in [3.8, 4) is 0 Å². The number of carbonyl (C=O) groups is 1. The second-order valence-electron chi connectivity index (χ2n) is 6.16. The molecule has 5 heteroatoms. The first-order chi connectivity index (χ1) is 10.7. The fourth-order valence-electron chi connectivity index (χ4n) is 3.14. The third kappa shape index (κ3) is 3.78. The topological polar surface area (TPSA) is 69.8 Å². The van der Waals surface area contributed by atoms with Gasteiger partial charge in [0.15, 0.2) is 0 Å². The maximum atomic E-state index is 11.9. The summed E-state index contributed by atoms with van der Waals surface area (Å²) in [4.78, 5) is 19.5. The highest BCUT2D eigenvalue weighted by molar-refractivity contribution is 5.76. The molecule has 3 N–H and O–H groups in total. The Bertz CT molecular complexity index is 643. The van der Waals surface area contributed by atoms with Crippen molar-refractivity contribution >= 4 is 17.1 Å². The number of benzene rings is 1. The maximum Gasteiger partial charge on any atom is 0.315 e. The van der Waals surface area contributed by atoms with Gasteiger partial charge in [-0.3, -0.25) is 0 Å². The number of imidazole rings is 1. The Kier molecular flexibility index (Phi) is 4.61. The molecule has 1 aliphatic rings. The number of hydrogen-bond acceptors (Lipinski definition) is 2. The van der Waals surface area contributed by atoms with Gasteiger partial charge in [-0.1, -0.05) is 25.3 Å². The molecule has 0 aliphatic heterocycles. The van der Waals surface area contributed by atoms with Crippen molar-refractivity contribution in [2.24, 2.45) is 0 Å². The van der Waals surface area contributed by atoms with E-state index in [-0.39, 0.29) is 6.03 Å². The molecule has 2 aromatic rings. The molecule has 1 aromatic heterocycles. The Labute approximate surface area is 130 Å². The van der Waals surface area contributed by atoms with E-state index in [0.29, 0.717) is 12.6 Å². The summed E-state index contributed by atoms with van der Waals surface area (Å²) < 4.78 is 0. The van der Waals surface area contributed by atoms with Crippen LogP contribution in [-0.2, 0) is 6.42 Å². The molecule has 0 bridgehead atoms. The van der Waals surface area contributed by atoms with Crippen LogP contribution in [0.3, 0.4) is 0 Å². The number of amides is 2. The van der Waals surface area contributed by atoms with Crippen LogP contribution in [0.1, 0.15) is 43.5 Å². The molecule has 5 nitrogen and oxygen atoms in total. The molecule has 22 heavy (non-hydrogen) atoms. The van der Waals surface area contributed by atoms with E-state index in [9.17, 15) is 4.79 Å². The van der Waals surface area contributed by atoms with Crippen LogP contribution >= 0.6 is 0 Å². The van der Waals surface area contributed by atoms with E-state index in [0.717, 1.165) is 36.1 Å². The van der Waals surface area contributed by atoms with Gasteiger partial charge in [0.25, 0.3) is 0 Å². The van der Waals surface area contributed by atoms with Gasteiger partial charge in [-0.25, -0.2) is 9.78 Å². The van der Waals surface area contributed by atoms with Crippen molar-refractivity contribution in [3.63, 3.8) is 0 Å². The molecule has 1 aliphatic carbocycles. The summed E-state index contributed by atoms with van der Waals surface area (Å²) in [5, 5.41) is 6.03. The third-order valence-electron chi connectivity index (χ3n) is 4.30. The fraction of sp³-hybridized carbons (Fsp3) is 0.529. The summed E-state index contributed by atoms with van der Waals surface area (Å²) in [6, 6.07) is 6.53. The summed E-state index contributed by atoms with van der Waals surface area (Å²) in [6.07, 6.45) is 6.82. The molecule has 2 amide bonds. The van der Waals surface area contributed by atoms with E-state index in [4.69, 9.17) is 0 Å². The van der Waals surface area contributed by atoms with Gasteiger partial charge < -0.3 is 15.6 Å². The smallest absolute Gasteiger partial charge is 0.315 e. The van der Waals surface area contributed by atoms with Crippen LogP contribution in [0, 0.1) is 6.92 Å². The highest BCUT2D eigenvalue weighted by Crippen LogP contribution is 2.17. The SMILES string of the molecule is Cc1nc2ccc(CCNC(=O)NC3CCCCC3)cc2[nH]1. The Hall–Kier alpha value is -2.04. The maximum absolute atomic E-state index is 11.9. The van der Waals surface area contributed by atoms with E-state index in [1.54, 1.807) is 0 Å². The van der Waals surface area contributed by atoms with Gasteiger partial charge in [-0.05, 0) is 43.9 Å². The number of aromatic nitrogens is 2. The van der Waals surface area contributed by atoms with Crippen molar-refractivity contribution in [2.45, 2.75) is 51.5 Å². The summed E-state index contributed by atoms with van der Waals surface area (Å²) >= 11 is 0. The summed E-state index contributed by atoms with van der Waals surface area (Å²) in [7, 11) is 0. The number of aryl methyl sites for hydroxylation is 1. The lowest BCUT2D eigenvalue weighted by molar-refractivity contribution is 0.233. The standard InChI is InChI=1S/C17H24N4O/c1-12-19-15-8-7-13(11-16(15)20-12)9-10-18-17(22)21-14-5-3-2-4-6-14/h7-8,11,14H,2-6,9-10H2,1H3,(H,19,20)(H2,18,21,22). The van der Waals surface area contributed by atoms with Gasteiger partial charge in [0.1, 0.15) is 5.82 Å². The van der Waals surface area contributed by atoms with Gasteiger partial charge in [0, 0.05) is 12.6 Å². The van der Waals surface area contributed by atoms with E-state index >= 15 is 0 Å². The highest BCUT2D eigenvalue weighted by Gasteiger charge is 2.15. The minimum Gasteiger partial charge on any atom is -0.342 e. The van der Waals surface area contributed by atoms with Gasteiger partial charge in [-0.2, -0.15) is 0 Å². The molecule has 118 valence electrons. The second kappa shape index (κ2) is 6.81. The normalized spacial score (nSPS) is 15.9. The van der Waals surface area contributed by atoms with Crippen LogP contribution < -0.4 is 10.6 Å². The monoisotopic (exact) mass is 300 g/mol. The summed E-state index contributed by atoms with van der Waals surface area (Å²) in [6.45, 7) is 2.61. The lowest BCUT2D eigenvalue weighted by Gasteiger charge is -2.22. The van der Waals surface area contributed by atoms with E-state index in [1.165, 1.54) is 24.8 Å². The van der Waals surface area contributed by atoms with Crippen LogP contribution in [0.25, 0.3) is 11.0 Å². The molecule has 1 aromatic carbocycles. The van der Waals surface area contributed by atoms with E-state index in [1.807, 2.05) is 13.0 Å². The predicted octanol–water partition coefficient (Wildman–Crippen LogP) is 3.05. The quantitative estimate of drug-likeness (QED) is 0.812. The third-order valence-corrected chi connectivity index (χ3v) is 4.30. The number of H-pyrrole nitrogens is 1. The molecule has 0 radical (unpaired) electrons. The number of rotatable bonds is 4. The van der Waals surface area contributed by atoms with Gasteiger partial charge in [0.2, 0.25) is 0 Å². The number of hydrogen-bond donors (Lipinski definition) is 3.